The summed E-state index contributed by atoms with van der Waals surface area (Å²) in [5.74, 6) is 0. The molecule has 2 saturated heterocycles. The lowest BCUT2D eigenvalue weighted by Gasteiger charge is -2.34. The van der Waals surface area contributed by atoms with Crippen LogP contribution in [0.4, 0.5) is 11.4 Å². The van der Waals surface area contributed by atoms with E-state index in [2.05, 4.69) is 32.5 Å². The fourth-order valence-electron chi connectivity index (χ4n) is 2.81. The first-order valence-corrected chi connectivity index (χ1v) is 6.75. The number of anilines is 2. The summed E-state index contributed by atoms with van der Waals surface area (Å²) >= 11 is 0. The van der Waals surface area contributed by atoms with Crippen LogP contribution in [0.5, 0.6) is 0 Å². The Labute approximate surface area is 103 Å². The van der Waals surface area contributed by atoms with Gasteiger partial charge in [0.25, 0.3) is 0 Å². The number of aromatic amines is 1. The van der Waals surface area contributed by atoms with Crippen molar-refractivity contribution in [3.8, 4) is 0 Å². The monoisotopic (exact) mass is 233 g/mol. The molecular weight excluding hydrogens is 212 g/mol. The standard InChI is InChI=1S/C13H21N4/c1-2-6-16(7-3-1)12-10-15-11-13(12)17-8-4-14-5-9-17/h10,14-15H,1-9H2. The number of rotatable bonds is 2. The molecule has 4 heteroatoms. The van der Waals surface area contributed by atoms with Crippen molar-refractivity contribution in [1.82, 2.24) is 10.3 Å². The van der Waals surface area contributed by atoms with Crippen LogP contribution in [0.3, 0.4) is 0 Å². The lowest BCUT2D eigenvalue weighted by molar-refractivity contribution is 0.571. The number of nitrogens with zero attached hydrogens (tertiary/aromatic N) is 2. The zero-order chi connectivity index (χ0) is 11.5. The maximum absolute atomic E-state index is 3.40. The van der Waals surface area contributed by atoms with Crippen LogP contribution in [-0.4, -0.2) is 44.3 Å². The molecule has 2 N–H and O–H groups in total. The van der Waals surface area contributed by atoms with Gasteiger partial charge in [0.15, 0.2) is 0 Å². The highest BCUT2D eigenvalue weighted by Gasteiger charge is 2.20. The molecule has 0 bridgehead atoms. The van der Waals surface area contributed by atoms with Crippen LogP contribution in [0.25, 0.3) is 0 Å². The summed E-state index contributed by atoms with van der Waals surface area (Å²) in [6.07, 6.45) is 9.45. The molecular formula is C13H21N4. The van der Waals surface area contributed by atoms with Gasteiger partial charge in [-0.1, -0.05) is 0 Å². The molecule has 1 aromatic heterocycles. The van der Waals surface area contributed by atoms with Crippen molar-refractivity contribution in [1.29, 1.82) is 0 Å². The number of H-pyrrole nitrogens is 1. The maximum Gasteiger partial charge on any atom is 0.0901 e. The molecule has 93 valence electrons. The second-order valence-corrected chi connectivity index (χ2v) is 4.93. The quantitative estimate of drug-likeness (QED) is 0.806. The van der Waals surface area contributed by atoms with Crippen molar-refractivity contribution in [2.24, 2.45) is 0 Å². The van der Waals surface area contributed by atoms with Crippen molar-refractivity contribution < 1.29 is 0 Å². The largest absolute Gasteiger partial charge is 0.369 e. The van der Waals surface area contributed by atoms with Crippen LogP contribution in [0, 0.1) is 6.20 Å². The molecule has 4 nitrogen and oxygen atoms in total. The molecule has 1 aromatic rings. The Morgan fingerprint density at radius 1 is 0.941 bits per heavy atom. The van der Waals surface area contributed by atoms with E-state index in [1.54, 1.807) is 0 Å². The second-order valence-electron chi connectivity index (χ2n) is 4.93. The summed E-state index contributed by atoms with van der Waals surface area (Å²) in [4.78, 5) is 8.11. The summed E-state index contributed by atoms with van der Waals surface area (Å²) in [6.45, 7) is 6.75. The lowest BCUT2D eigenvalue weighted by Crippen LogP contribution is -2.44. The van der Waals surface area contributed by atoms with Gasteiger partial charge in [-0.15, -0.1) is 0 Å². The SMILES string of the molecule is [c]1[nH]cc(N2CCCCC2)c1N1CCNCC1. The smallest absolute Gasteiger partial charge is 0.0901 e. The minimum absolute atomic E-state index is 1.08. The Kier molecular flexibility index (Phi) is 3.22. The summed E-state index contributed by atoms with van der Waals surface area (Å²) in [5, 5.41) is 3.40. The van der Waals surface area contributed by atoms with Crippen LogP contribution in [0.1, 0.15) is 19.3 Å². The molecule has 2 aliphatic heterocycles. The van der Waals surface area contributed by atoms with Crippen LogP contribution in [-0.2, 0) is 0 Å². The average Bonchev–Trinajstić information content (AvgIpc) is 2.90. The second kappa shape index (κ2) is 5.00. The topological polar surface area (TPSA) is 34.3 Å². The van der Waals surface area contributed by atoms with Crippen LogP contribution in [0.15, 0.2) is 6.20 Å². The van der Waals surface area contributed by atoms with E-state index in [0.717, 1.165) is 26.2 Å². The first-order valence-electron chi connectivity index (χ1n) is 6.75. The molecule has 2 aliphatic rings. The van der Waals surface area contributed by atoms with E-state index in [9.17, 15) is 0 Å². The first kappa shape index (κ1) is 11.0. The third-order valence-electron chi connectivity index (χ3n) is 3.77. The predicted octanol–water partition coefficient (Wildman–Crippen LogP) is 1.21. The summed E-state index contributed by atoms with van der Waals surface area (Å²) in [5.41, 5.74) is 2.63. The maximum atomic E-state index is 3.40. The van der Waals surface area contributed by atoms with E-state index in [1.807, 2.05) is 0 Å². The molecule has 0 atom stereocenters. The normalized spacial score (nSPS) is 21.9. The number of hydrogen-bond donors (Lipinski definition) is 2. The number of piperidine rings is 1. The summed E-state index contributed by atoms with van der Waals surface area (Å²) in [7, 11) is 0. The minimum atomic E-state index is 1.08. The molecule has 0 amide bonds. The van der Waals surface area contributed by atoms with Crippen molar-refractivity contribution in [3.05, 3.63) is 12.4 Å². The van der Waals surface area contributed by atoms with E-state index in [0.29, 0.717) is 0 Å². The summed E-state index contributed by atoms with van der Waals surface area (Å²) < 4.78 is 0. The van der Waals surface area contributed by atoms with Gasteiger partial charge in [0, 0.05) is 45.5 Å². The Morgan fingerprint density at radius 3 is 2.47 bits per heavy atom. The molecule has 0 aromatic carbocycles. The molecule has 17 heavy (non-hydrogen) atoms. The van der Waals surface area contributed by atoms with Gasteiger partial charge in [-0.25, -0.2) is 0 Å². The minimum Gasteiger partial charge on any atom is -0.369 e. The molecule has 0 saturated carbocycles. The number of nitrogens with one attached hydrogen (secondary N) is 2. The molecule has 2 fully saturated rings. The zero-order valence-electron chi connectivity index (χ0n) is 10.3. The van der Waals surface area contributed by atoms with Gasteiger partial charge < -0.3 is 20.1 Å². The highest BCUT2D eigenvalue weighted by Crippen LogP contribution is 2.30. The Morgan fingerprint density at radius 2 is 1.71 bits per heavy atom. The molecule has 0 unspecified atom stereocenters. The van der Waals surface area contributed by atoms with Gasteiger partial charge in [-0.05, 0) is 19.3 Å². The lowest BCUT2D eigenvalue weighted by atomic mass is 10.1. The fraction of sp³-hybridized carbons (Fsp3) is 0.692. The molecule has 3 heterocycles. The number of piperazine rings is 1. The van der Waals surface area contributed by atoms with Gasteiger partial charge in [-0.3, -0.25) is 0 Å². The summed E-state index contributed by atoms with van der Waals surface area (Å²) in [6, 6.07) is 0. The predicted molar refractivity (Wildman–Crippen MR) is 70.8 cm³/mol. The highest BCUT2D eigenvalue weighted by molar-refractivity contribution is 5.70. The zero-order valence-corrected chi connectivity index (χ0v) is 10.3. The third-order valence-corrected chi connectivity index (χ3v) is 3.77. The van der Waals surface area contributed by atoms with Crippen molar-refractivity contribution >= 4 is 11.4 Å². The highest BCUT2D eigenvalue weighted by atomic mass is 15.2. The van der Waals surface area contributed by atoms with Crippen molar-refractivity contribution in [2.75, 3.05) is 49.1 Å². The van der Waals surface area contributed by atoms with E-state index < -0.39 is 0 Å². The van der Waals surface area contributed by atoms with Crippen molar-refractivity contribution in [3.63, 3.8) is 0 Å². The van der Waals surface area contributed by atoms with Gasteiger partial charge in [0.2, 0.25) is 0 Å². The average molecular weight is 233 g/mol. The van der Waals surface area contributed by atoms with Crippen LogP contribution < -0.4 is 15.1 Å². The molecule has 0 aliphatic carbocycles. The third kappa shape index (κ3) is 2.27. The Bertz CT molecular complexity index is 316. The van der Waals surface area contributed by atoms with Crippen molar-refractivity contribution in [2.45, 2.75) is 19.3 Å². The van der Waals surface area contributed by atoms with E-state index in [4.69, 9.17) is 0 Å². The Hall–Kier alpha value is -1.16. The van der Waals surface area contributed by atoms with Gasteiger partial charge >= 0.3 is 0 Å². The molecule has 0 spiro atoms. The van der Waals surface area contributed by atoms with E-state index in [1.165, 1.54) is 43.7 Å². The Balaban J connectivity index is 1.77. The van der Waals surface area contributed by atoms with Gasteiger partial charge in [-0.2, -0.15) is 0 Å². The molecule has 3 rings (SSSR count). The van der Waals surface area contributed by atoms with Crippen LogP contribution >= 0.6 is 0 Å². The number of aromatic nitrogens is 1. The van der Waals surface area contributed by atoms with E-state index in [-0.39, 0.29) is 0 Å². The van der Waals surface area contributed by atoms with Gasteiger partial charge in [0.1, 0.15) is 0 Å². The van der Waals surface area contributed by atoms with Gasteiger partial charge in [0.05, 0.1) is 17.6 Å². The number of hydrogen-bond acceptors (Lipinski definition) is 3. The van der Waals surface area contributed by atoms with E-state index >= 15 is 0 Å². The van der Waals surface area contributed by atoms with Crippen LogP contribution in [0.2, 0.25) is 0 Å². The first-order chi connectivity index (χ1) is 8.45. The fourth-order valence-corrected chi connectivity index (χ4v) is 2.81. The molecule has 1 radical (unpaired) electrons.